The molecule has 0 bridgehead atoms. The molecule has 0 spiro atoms. The Morgan fingerprint density at radius 3 is 2.62 bits per heavy atom. The van der Waals surface area contributed by atoms with Crippen molar-refractivity contribution < 1.29 is 14.7 Å². The fraction of sp³-hybridized carbons (Fsp3) is 0.444. The third-order valence-electron chi connectivity index (χ3n) is 4.61. The minimum atomic E-state index is -1.04. The van der Waals surface area contributed by atoms with Crippen LogP contribution in [0.3, 0.4) is 0 Å². The van der Waals surface area contributed by atoms with Gasteiger partial charge in [0.1, 0.15) is 6.04 Å². The molecule has 0 saturated heterocycles. The Bertz CT molecular complexity index is 944. The van der Waals surface area contributed by atoms with Gasteiger partial charge in [0.2, 0.25) is 5.91 Å². The second-order valence-corrected chi connectivity index (χ2v) is 6.44. The van der Waals surface area contributed by atoms with E-state index in [-0.39, 0.29) is 18.2 Å². The third kappa shape index (κ3) is 4.19. The number of H-pyrrole nitrogens is 1. The quantitative estimate of drug-likeness (QED) is 0.629. The lowest BCUT2D eigenvalue weighted by Gasteiger charge is -2.20. The number of aliphatic carboxylic acids is 1. The maximum atomic E-state index is 12.1. The van der Waals surface area contributed by atoms with Gasteiger partial charge in [-0.2, -0.15) is 0 Å². The lowest BCUT2D eigenvalue weighted by atomic mass is 9.99. The van der Waals surface area contributed by atoms with Crippen molar-refractivity contribution in [3.05, 3.63) is 44.5 Å². The molecule has 8 heteroatoms. The van der Waals surface area contributed by atoms with Crippen molar-refractivity contribution in [1.29, 1.82) is 0 Å². The number of fused-ring (bicyclic) bond motifs is 1. The number of hydrogen-bond donors (Lipinski definition) is 3. The van der Waals surface area contributed by atoms with E-state index in [1.54, 1.807) is 25.1 Å². The molecular formula is C18H23N3O5. The van der Waals surface area contributed by atoms with Crippen LogP contribution < -0.4 is 16.4 Å². The zero-order chi connectivity index (χ0) is 19.4. The highest BCUT2D eigenvalue weighted by molar-refractivity contribution is 5.84. The van der Waals surface area contributed by atoms with Crippen molar-refractivity contribution >= 4 is 22.9 Å². The maximum Gasteiger partial charge on any atom is 0.326 e. The molecule has 0 radical (unpaired) electrons. The average Bonchev–Trinajstić information content (AvgIpc) is 2.61. The van der Waals surface area contributed by atoms with Gasteiger partial charge in [-0.1, -0.05) is 26.3 Å². The Balaban J connectivity index is 2.10. The Morgan fingerprint density at radius 1 is 1.31 bits per heavy atom. The molecule has 2 aromatic rings. The molecular weight excluding hydrogens is 338 g/mol. The highest BCUT2D eigenvalue weighted by Crippen LogP contribution is 2.13. The number of hydrogen-bond acceptors (Lipinski definition) is 4. The number of carbonyl (C=O) groups excluding carboxylic acids is 1. The van der Waals surface area contributed by atoms with E-state index in [1.165, 1.54) is 11.6 Å². The summed E-state index contributed by atoms with van der Waals surface area (Å²) in [4.78, 5) is 49.1. The third-order valence-corrected chi connectivity index (χ3v) is 4.61. The van der Waals surface area contributed by atoms with E-state index in [0.29, 0.717) is 23.9 Å². The summed E-state index contributed by atoms with van der Waals surface area (Å²) in [5.41, 5.74) is 0.572. The monoisotopic (exact) mass is 361 g/mol. The largest absolute Gasteiger partial charge is 0.480 e. The first-order valence-corrected chi connectivity index (χ1v) is 8.48. The fourth-order valence-corrected chi connectivity index (χ4v) is 2.76. The predicted octanol–water partition coefficient (Wildman–Crippen LogP) is 0.775. The first kappa shape index (κ1) is 19.4. The lowest BCUT2D eigenvalue weighted by molar-refractivity contribution is -0.143. The molecule has 1 aromatic carbocycles. The molecule has 1 heterocycles. The van der Waals surface area contributed by atoms with Crippen LogP contribution in [-0.4, -0.2) is 32.6 Å². The second-order valence-electron chi connectivity index (χ2n) is 6.44. The Kier molecular flexibility index (Phi) is 5.97. The highest BCUT2D eigenvalue weighted by Gasteiger charge is 2.24. The van der Waals surface area contributed by atoms with Crippen LogP contribution in [0.1, 0.15) is 32.3 Å². The number of nitrogens with one attached hydrogen (secondary N) is 2. The number of carboxylic acids is 1. The van der Waals surface area contributed by atoms with Crippen molar-refractivity contribution in [3.8, 4) is 0 Å². The molecule has 2 atom stereocenters. The molecule has 2 rings (SSSR count). The predicted molar refractivity (Wildman–Crippen MR) is 97.2 cm³/mol. The highest BCUT2D eigenvalue weighted by atomic mass is 16.4. The van der Waals surface area contributed by atoms with Gasteiger partial charge in [0.05, 0.1) is 11.0 Å². The summed E-state index contributed by atoms with van der Waals surface area (Å²) in [5.74, 6) is -1.55. The van der Waals surface area contributed by atoms with Crippen LogP contribution >= 0.6 is 0 Å². The van der Waals surface area contributed by atoms with Gasteiger partial charge in [0, 0.05) is 13.5 Å². The number of aryl methyl sites for hydroxylation is 2. The van der Waals surface area contributed by atoms with Gasteiger partial charge in [0.25, 0.3) is 0 Å². The van der Waals surface area contributed by atoms with Crippen LogP contribution in [0.2, 0.25) is 0 Å². The van der Waals surface area contributed by atoms with Crippen LogP contribution in [-0.2, 0) is 23.1 Å². The number of nitrogens with zero attached hydrogens (tertiary/aromatic N) is 1. The van der Waals surface area contributed by atoms with Gasteiger partial charge < -0.3 is 20.0 Å². The van der Waals surface area contributed by atoms with E-state index in [1.807, 2.05) is 6.92 Å². The molecule has 0 unspecified atom stereocenters. The molecule has 140 valence electrons. The summed E-state index contributed by atoms with van der Waals surface area (Å²) in [6.45, 7) is 3.65. The molecule has 1 amide bonds. The van der Waals surface area contributed by atoms with E-state index in [2.05, 4.69) is 10.3 Å². The normalized spacial score (nSPS) is 13.3. The summed E-state index contributed by atoms with van der Waals surface area (Å²) >= 11 is 0. The van der Waals surface area contributed by atoms with Crippen LogP contribution in [0, 0.1) is 5.92 Å². The first-order chi connectivity index (χ1) is 12.2. The van der Waals surface area contributed by atoms with Gasteiger partial charge >= 0.3 is 17.1 Å². The van der Waals surface area contributed by atoms with Crippen molar-refractivity contribution in [2.24, 2.45) is 13.0 Å². The van der Waals surface area contributed by atoms with Crippen LogP contribution in [0.15, 0.2) is 27.8 Å². The molecule has 0 aliphatic carbocycles. The average molecular weight is 361 g/mol. The van der Waals surface area contributed by atoms with Gasteiger partial charge in [-0.3, -0.25) is 14.4 Å². The summed E-state index contributed by atoms with van der Waals surface area (Å²) in [5, 5.41) is 11.8. The summed E-state index contributed by atoms with van der Waals surface area (Å²) in [6, 6.07) is 4.29. The van der Waals surface area contributed by atoms with Crippen molar-refractivity contribution in [3.63, 3.8) is 0 Å². The topological polar surface area (TPSA) is 121 Å². The minimum Gasteiger partial charge on any atom is -0.480 e. The summed E-state index contributed by atoms with van der Waals surface area (Å²) < 4.78 is 1.27. The molecule has 3 N–H and O–H groups in total. The van der Waals surface area contributed by atoms with E-state index in [4.69, 9.17) is 0 Å². The number of rotatable bonds is 7. The Morgan fingerprint density at radius 2 is 2.00 bits per heavy atom. The number of benzene rings is 1. The van der Waals surface area contributed by atoms with Crippen LogP contribution in [0.4, 0.5) is 0 Å². The SMILES string of the molecule is CC[C@@H](C)[C@H](NC(=O)CCc1ccc2c(c1)[nH]c(=O)c(=O)n2C)C(=O)O. The molecule has 1 aromatic heterocycles. The number of amides is 1. The molecule has 0 saturated carbocycles. The standard InChI is InChI=1S/C18H23N3O5/c1-4-10(2)15(18(25)26)20-14(22)8-6-11-5-7-13-12(9-11)19-16(23)17(24)21(13)3/h5,7,9-10,15H,4,6,8H2,1-3H3,(H,19,23)(H,20,22)(H,25,26)/t10-,15+/m1/s1. The van der Waals surface area contributed by atoms with Gasteiger partial charge in [0.15, 0.2) is 0 Å². The number of carbonyl (C=O) groups is 2. The summed E-state index contributed by atoms with van der Waals surface area (Å²) in [7, 11) is 1.52. The number of aromatic nitrogens is 2. The Hall–Kier alpha value is -2.90. The second kappa shape index (κ2) is 7.99. The zero-order valence-electron chi connectivity index (χ0n) is 15.0. The van der Waals surface area contributed by atoms with Gasteiger partial charge in [-0.15, -0.1) is 0 Å². The van der Waals surface area contributed by atoms with Crippen molar-refractivity contribution in [2.45, 2.75) is 39.2 Å². The van der Waals surface area contributed by atoms with Crippen molar-refractivity contribution in [2.75, 3.05) is 0 Å². The lowest BCUT2D eigenvalue weighted by Crippen LogP contribution is -2.45. The smallest absolute Gasteiger partial charge is 0.326 e. The van der Waals surface area contributed by atoms with Crippen LogP contribution in [0.5, 0.6) is 0 Å². The van der Waals surface area contributed by atoms with E-state index >= 15 is 0 Å². The zero-order valence-corrected chi connectivity index (χ0v) is 15.0. The van der Waals surface area contributed by atoms with Crippen LogP contribution in [0.25, 0.3) is 11.0 Å². The van der Waals surface area contributed by atoms with Gasteiger partial charge in [-0.05, 0) is 30.0 Å². The molecule has 8 nitrogen and oxygen atoms in total. The maximum absolute atomic E-state index is 12.1. The molecule has 26 heavy (non-hydrogen) atoms. The van der Waals surface area contributed by atoms with E-state index in [0.717, 1.165) is 5.56 Å². The minimum absolute atomic E-state index is 0.127. The van der Waals surface area contributed by atoms with E-state index in [9.17, 15) is 24.3 Å². The Labute approximate surface area is 149 Å². The van der Waals surface area contributed by atoms with Gasteiger partial charge in [-0.25, -0.2) is 4.79 Å². The molecule has 0 aliphatic rings. The molecule has 0 fully saturated rings. The van der Waals surface area contributed by atoms with Crippen molar-refractivity contribution in [1.82, 2.24) is 14.9 Å². The van der Waals surface area contributed by atoms with E-state index < -0.39 is 23.1 Å². The number of carboxylic acid groups (broad SMARTS) is 1. The fourth-order valence-electron chi connectivity index (χ4n) is 2.76. The summed E-state index contributed by atoms with van der Waals surface area (Å²) in [6.07, 6.45) is 1.16. The number of aromatic amines is 1. The molecule has 0 aliphatic heterocycles. The first-order valence-electron chi connectivity index (χ1n) is 8.48.